The van der Waals surface area contributed by atoms with Crippen LogP contribution in [-0.2, 0) is 0 Å². The van der Waals surface area contributed by atoms with Gasteiger partial charge in [-0.05, 0) is 43.0 Å². The van der Waals surface area contributed by atoms with Gasteiger partial charge in [-0.15, -0.1) is 0 Å². The topological polar surface area (TPSA) is 24.9 Å². The standard InChI is InChI=1S/C15H26N2/c1-5-17-15(8-6-7-12(2)3)14-9-10-16-11-13(14)4/h9-12,15,17H,5-8H2,1-4H3. The van der Waals surface area contributed by atoms with Crippen molar-refractivity contribution >= 4 is 0 Å². The lowest BCUT2D eigenvalue weighted by Gasteiger charge is -2.20. The average Bonchev–Trinajstić information content (AvgIpc) is 2.28. The van der Waals surface area contributed by atoms with E-state index in [0.29, 0.717) is 6.04 Å². The summed E-state index contributed by atoms with van der Waals surface area (Å²) in [5.74, 6) is 0.802. The Morgan fingerprint density at radius 2 is 2.06 bits per heavy atom. The molecule has 0 aliphatic rings. The Kier molecular flexibility index (Phi) is 6.20. The Morgan fingerprint density at radius 1 is 1.29 bits per heavy atom. The lowest BCUT2D eigenvalue weighted by atomic mass is 9.96. The highest BCUT2D eigenvalue weighted by Crippen LogP contribution is 2.22. The van der Waals surface area contributed by atoms with Gasteiger partial charge in [0.15, 0.2) is 0 Å². The van der Waals surface area contributed by atoms with Gasteiger partial charge in [-0.2, -0.15) is 0 Å². The second-order valence-corrected chi connectivity index (χ2v) is 5.17. The molecule has 0 fully saturated rings. The fourth-order valence-corrected chi connectivity index (χ4v) is 2.22. The molecule has 1 N–H and O–H groups in total. The van der Waals surface area contributed by atoms with Crippen LogP contribution in [0.5, 0.6) is 0 Å². The van der Waals surface area contributed by atoms with Crippen LogP contribution in [0.15, 0.2) is 18.5 Å². The molecular formula is C15H26N2. The second-order valence-electron chi connectivity index (χ2n) is 5.17. The van der Waals surface area contributed by atoms with E-state index in [1.165, 1.54) is 30.4 Å². The van der Waals surface area contributed by atoms with Crippen LogP contribution in [0.3, 0.4) is 0 Å². The van der Waals surface area contributed by atoms with Crippen molar-refractivity contribution in [3.63, 3.8) is 0 Å². The summed E-state index contributed by atoms with van der Waals surface area (Å²) in [6.07, 6.45) is 7.68. The summed E-state index contributed by atoms with van der Waals surface area (Å²) in [5.41, 5.74) is 2.70. The molecular weight excluding hydrogens is 208 g/mol. The van der Waals surface area contributed by atoms with Gasteiger partial charge in [0.2, 0.25) is 0 Å². The minimum absolute atomic E-state index is 0.488. The van der Waals surface area contributed by atoms with Crippen molar-refractivity contribution in [3.8, 4) is 0 Å². The zero-order valence-electron chi connectivity index (χ0n) is 11.7. The summed E-state index contributed by atoms with van der Waals surface area (Å²) in [7, 11) is 0. The Morgan fingerprint density at radius 3 is 2.65 bits per heavy atom. The van der Waals surface area contributed by atoms with E-state index in [0.717, 1.165) is 12.5 Å². The maximum Gasteiger partial charge on any atom is 0.0323 e. The first-order valence-corrected chi connectivity index (χ1v) is 6.79. The lowest BCUT2D eigenvalue weighted by molar-refractivity contribution is 0.454. The molecule has 0 amide bonds. The van der Waals surface area contributed by atoms with Crippen LogP contribution in [0.4, 0.5) is 0 Å². The molecule has 0 spiro atoms. The van der Waals surface area contributed by atoms with Crippen LogP contribution < -0.4 is 5.32 Å². The molecule has 17 heavy (non-hydrogen) atoms. The fraction of sp³-hybridized carbons (Fsp3) is 0.667. The Hall–Kier alpha value is -0.890. The van der Waals surface area contributed by atoms with E-state index in [1.807, 2.05) is 12.4 Å². The van der Waals surface area contributed by atoms with E-state index >= 15 is 0 Å². The van der Waals surface area contributed by atoms with Crippen LogP contribution in [0, 0.1) is 12.8 Å². The normalized spacial score (nSPS) is 13.0. The highest BCUT2D eigenvalue weighted by molar-refractivity contribution is 5.25. The lowest BCUT2D eigenvalue weighted by Crippen LogP contribution is -2.21. The van der Waals surface area contributed by atoms with Crippen molar-refractivity contribution in [1.82, 2.24) is 10.3 Å². The van der Waals surface area contributed by atoms with Gasteiger partial charge >= 0.3 is 0 Å². The number of aromatic nitrogens is 1. The van der Waals surface area contributed by atoms with Gasteiger partial charge in [0.1, 0.15) is 0 Å². The Labute approximate surface area is 106 Å². The minimum Gasteiger partial charge on any atom is -0.310 e. The largest absolute Gasteiger partial charge is 0.310 e. The second kappa shape index (κ2) is 7.44. The van der Waals surface area contributed by atoms with Gasteiger partial charge in [0.25, 0.3) is 0 Å². The SMILES string of the molecule is CCNC(CCCC(C)C)c1ccncc1C. The third kappa shape index (κ3) is 4.86. The molecule has 2 heteroatoms. The predicted molar refractivity (Wildman–Crippen MR) is 74.1 cm³/mol. The minimum atomic E-state index is 0.488. The van der Waals surface area contributed by atoms with Crippen molar-refractivity contribution in [3.05, 3.63) is 29.6 Å². The first-order valence-electron chi connectivity index (χ1n) is 6.79. The molecule has 0 aliphatic carbocycles. The van der Waals surface area contributed by atoms with Gasteiger partial charge < -0.3 is 5.32 Å². The molecule has 2 nitrogen and oxygen atoms in total. The molecule has 0 saturated carbocycles. The maximum absolute atomic E-state index is 4.17. The van der Waals surface area contributed by atoms with Crippen molar-refractivity contribution in [2.24, 2.45) is 5.92 Å². The van der Waals surface area contributed by atoms with Gasteiger partial charge in [-0.3, -0.25) is 4.98 Å². The van der Waals surface area contributed by atoms with Crippen LogP contribution in [-0.4, -0.2) is 11.5 Å². The van der Waals surface area contributed by atoms with Crippen molar-refractivity contribution in [1.29, 1.82) is 0 Å². The molecule has 1 rings (SSSR count). The summed E-state index contributed by atoms with van der Waals surface area (Å²) in [5, 5.41) is 3.59. The average molecular weight is 234 g/mol. The third-order valence-corrected chi connectivity index (χ3v) is 3.16. The zero-order valence-corrected chi connectivity index (χ0v) is 11.7. The van der Waals surface area contributed by atoms with Crippen LogP contribution >= 0.6 is 0 Å². The first-order chi connectivity index (χ1) is 8.15. The van der Waals surface area contributed by atoms with Crippen molar-refractivity contribution in [2.45, 2.75) is 53.0 Å². The molecule has 1 unspecified atom stereocenters. The van der Waals surface area contributed by atoms with Crippen molar-refractivity contribution in [2.75, 3.05) is 6.54 Å². The van der Waals surface area contributed by atoms with Crippen LogP contribution in [0.25, 0.3) is 0 Å². The molecule has 0 bridgehead atoms. The number of aryl methyl sites for hydroxylation is 1. The fourth-order valence-electron chi connectivity index (χ4n) is 2.22. The Balaban J connectivity index is 2.62. The third-order valence-electron chi connectivity index (χ3n) is 3.16. The van der Waals surface area contributed by atoms with Gasteiger partial charge in [0, 0.05) is 18.4 Å². The molecule has 1 heterocycles. The van der Waals surface area contributed by atoms with E-state index in [4.69, 9.17) is 0 Å². The van der Waals surface area contributed by atoms with E-state index < -0.39 is 0 Å². The van der Waals surface area contributed by atoms with Crippen molar-refractivity contribution < 1.29 is 0 Å². The molecule has 0 radical (unpaired) electrons. The van der Waals surface area contributed by atoms with Crippen LogP contribution in [0.2, 0.25) is 0 Å². The predicted octanol–water partition coefficient (Wildman–Crippen LogP) is 3.87. The van der Waals surface area contributed by atoms with Gasteiger partial charge in [-0.25, -0.2) is 0 Å². The van der Waals surface area contributed by atoms with E-state index in [2.05, 4.69) is 44.1 Å². The number of rotatable bonds is 7. The quantitative estimate of drug-likeness (QED) is 0.774. The summed E-state index contributed by atoms with van der Waals surface area (Å²) in [6, 6.07) is 2.64. The first kappa shape index (κ1) is 14.2. The highest BCUT2D eigenvalue weighted by atomic mass is 14.9. The molecule has 1 aromatic heterocycles. The van der Waals surface area contributed by atoms with E-state index in [-0.39, 0.29) is 0 Å². The van der Waals surface area contributed by atoms with E-state index in [1.54, 1.807) is 0 Å². The number of pyridine rings is 1. The van der Waals surface area contributed by atoms with Crippen LogP contribution in [0.1, 0.15) is 57.2 Å². The monoisotopic (exact) mass is 234 g/mol. The maximum atomic E-state index is 4.17. The molecule has 1 aromatic rings. The van der Waals surface area contributed by atoms with Gasteiger partial charge in [0.05, 0.1) is 0 Å². The van der Waals surface area contributed by atoms with E-state index in [9.17, 15) is 0 Å². The number of hydrogen-bond donors (Lipinski definition) is 1. The Bertz CT molecular complexity index is 320. The summed E-state index contributed by atoms with van der Waals surface area (Å²) in [4.78, 5) is 4.17. The molecule has 1 atom stereocenters. The molecule has 0 aliphatic heterocycles. The summed E-state index contributed by atoms with van der Waals surface area (Å²) < 4.78 is 0. The number of hydrogen-bond acceptors (Lipinski definition) is 2. The summed E-state index contributed by atoms with van der Waals surface area (Å²) >= 11 is 0. The number of nitrogens with zero attached hydrogens (tertiary/aromatic N) is 1. The number of nitrogens with one attached hydrogen (secondary N) is 1. The molecule has 0 aromatic carbocycles. The summed E-state index contributed by atoms with van der Waals surface area (Å²) in [6.45, 7) is 9.93. The highest BCUT2D eigenvalue weighted by Gasteiger charge is 2.12. The smallest absolute Gasteiger partial charge is 0.0323 e. The zero-order chi connectivity index (χ0) is 12.7. The molecule has 0 saturated heterocycles. The molecule has 96 valence electrons. The van der Waals surface area contributed by atoms with Gasteiger partial charge in [-0.1, -0.05) is 33.6 Å².